The van der Waals surface area contributed by atoms with Crippen molar-refractivity contribution in [1.29, 1.82) is 0 Å². The number of ether oxygens (including phenoxy) is 1. The molecule has 3 rings (SSSR count). The largest absolute Gasteiger partial charge is 0.433 e. The lowest BCUT2D eigenvalue weighted by Gasteiger charge is -2.35. The van der Waals surface area contributed by atoms with Gasteiger partial charge in [-0.2, -0.15) is 0 Å². The Morgan fingerprint density at radius 2 is 1.81 bits per heavy atom. The van der Waals surface area contributed by atoms with Gasteiger partial charge in [0.15, 0.2) is 0 Å². The molecule has 0 aromatic heterocycles. The molecular weight excluding hydrogens is 334 g/mol. The zero-order valence-electron chi connectivity index (χ0n) is 11.2. The van der Waals surface area contributed by atoms with Crippen molar-refractivity contribution in [1.82, 2.24) is 0 Å². The van der Waals surface area contributed by atoms with Gasteiger partial charge in [0.05, 0.1) is 11.3 Å². The molecular formula is C16H12BrNO3. The molecule has 1 heterocycles. The first-order valence-electron chi connectivity index (χ1n) is 6.43. The van der Waals surface area contributed by atoms with Crippen LogP contribution >= 0.6 is 15.9 Å². The quantitative estimate of drug-likeness (QED) is 0.740. The molecule has 2 aromatic rings. The van der Waals surface area contributed by atoms with Crippen LogP contribution in [-0.2, 0) is 9.53 Å². The zero-order chi connectivity index (χ0) is 15.0. The van der Waals surface area contributed by atoms with Crippen LogP contribution in [0.4, 0.5) is 5.69 Å². The van der Waals surface area contributed by atoms with Crippen LogP contribution < -0.4 is 4.90 Å². The molecule has 0 bridgehead atoms. The number of hydrogen-bond acceptors (Lipinski definition) is 3. The second-order valence-electron chi connectivity index (χ2n) is 4.72. The van der Waals surface area contributed by atoms with Crippen molar-refractivity contribution in [3.8, 4) is 0 Å². The minimum Gasteiger partial charge on any atom is -0.433 e. The van der Waals surface area contributed by atoms with E-state index in [4.69, 9.17) is 4.74 Å². The fourth-order valence-corrected chi connectivity index (χ4v) is 2.64. The first kappa shape index (κ1) is 13.8. The van der Waals surface area contributed by atoms with Crippen molar-refractivity contribution in [3.05, 3.63) is 64.1 Å². The summed E-state index contributed by atoms with van der Waals surface area (Å²) >= 11 is 3.36. The number of para-hydroxylation sites is 1. The van der Waals surface area contributed by atoms with Crippen molar-refractivity contribution >= 4 is 33.5 Å². The summed E-state index contributed by atoms with van der Waals surface area (Å²) in [5.74, 6) is -0.598. The molecule has 1 aliphatic rings. The predicted molar refractivity (Wildman–Crippen MR) is 81.9 cm³/mol. The third-order valence-corrected chi connectivity index (χ3v) is 3.86. The van der Waals surface area contributed by atoms with E-state index in [1.165, 1.54) is 11.8 Å². The van der Waals surface area contributed by atoms with Gasteiger partial charge in [-0.1, -0.05) is 40.2 Å². The van der Waals surface area contributed by atoms with Crippen molar-refractivity contribution in [3.63, 3.8) is 0 Å². The van der Waals surface area contributed by atoms with Gasteiger partial charge in [-0.25, -0.2) is 4.79 Å². The van der Waals surface area contributed by atoms with Gasteiger partial charge in [0.25, 0.3) is 0 Å². The number of anilines is 1. The second kappa shape index (κ2) is 5.33. The summed E-state index contributed by atoms with van der Waals surface area (Å²) in [4.78, 5) is 25.7. The van der Waals surface area contributed by atoms with Gasteiger partial charge in [-0.05, 0) is 24.3 Å². The first-order valence-corrected chi connectivity index (χ1v) is 7.22. The van der Waals surface area contributed by atoms with E-state index in [1.807, 2.05) is 24.3 Å². The topological polar surface area (TPSA) is 46.6 Å². The first-order chi connectivity index (χ1) is 10.1. The number of hydrogen-bond donors (Lipinski definition) is 0. The van der Waals surface area contributed by atoms with Gasteiger partial charge in [0.1, 0.15) is 0 Å². The molecule has 0 spiro atoms. The van der Waals surface area contributed by atoms with E-state index in [1.54, 1.807) is 24.3 Å². The molecule has 0 unspecified atom stereocenters. The van der Waals surface area contributed by atoms with Gasteiger partial charge in [0.2, 0.25) is 12.1 Å². The maximum Gasteiger partial charge on any atom is 0.342 e. The Balaban J connectivity index is 2.11. The molecule has 1 amide bonds. The standard InChI is InChI=1S/C16H12BrNO3/c1-10(19)18-14-5-3-2-4-13(14)16(20)21-15(18)11-6-8-12(17)9-7-11/h2-9,15H,1H3/t15-/m0/s1. The van der Waals surface area contributed by atoms with Crippen molar-refractivity contribution in [2.75, 3.05) is 4.90 Å². The maximum atomic E-state index is 12.1. The molecule has 0 N–H and O–H groups in total. The molecule has 0 radical (unpaired) electrons. The summed E-state index contributed by atoms with van der Waals surface area (Å²) in [7, 11) is 0. The number of rotatable bonds is 1. The normalized spacial score (nSPS) is 17.1. The van der Waals surface area contributed by atoms with Gasteiger partial charge in [-0.15, -0.1) is 0 Å². The van der Waals surface area contributed by atoms with Crippen molar-refractivity contribution in [2.24, 2.45) is 0 Å². The summed E-state index contributed by atoms with van der Waals surface area (Å²) in [6.07, 6.45) is -0.738. The number of esters is 1. The highest BCUT2D eigenvalue weighted by atomic mass is 79.9. The van der Waals surface area contributed by atoms with E-state index < -0.39 is 12.2 Å². The van der Waals surface area contributed by atoms with Crippen LogP contribution in [0.15, 0.2) is 53.0 Å². The van der Waals surface area contributed by atoms with E-state index in [0.717, 1.165) is 10.0 Å². The Kier molecular flexibility index (Phi) is 3.51. The monoisotopic (exact) mass is 345 g/mol. The Bertz CT molecular complexity index is 712. The van der Waals surface area contributed by atoms with E-state index in [2.05, 4.69) is 15.9 Å². The molecule has 21 heavy (non-hydrogen) atoms. The Labute approximate surface area is 130 Å². The van der Waals surface area contributed by atoms with Gasteiger partial charge in [-0.3, -0.25) is 9.69 Å². The SMILES string of the molecule is CC(=O)N1c2ccccc2C(=O)O[C@H]1c1ccc(Br)cc1. The van der Waals surface area contributed by atoms with Crippen molar-refractivity contribution in [2.45, 2.75) is 13.2 Å². The molecule has 4 nitrogen and oxygen atoms in total. The highest BCUT2D eigenvalue weighted by molar-refractivity contribution is 9.10. The molecule has 5 heteroatoms. The Hall–Kier alpha value is -2.14. The lowest BCUT2D eigenvalue weighted by Crippen LogP contribution is -2.40. The third-order valence-electron chi connectivity index (χ3n) is 3.33. The van der Waals surface area contributed by atoms with Gasteiger partial charge >= 0.3 is 5.97 Å². The second-order valence-corrected chi connectivity index (χ2v) is 5.63. The van der Waals surface area contributed by atoms with Crippen LogP contribution in [0, 0.1) is 0 Å². The number of benzene rings is 2. The number of amides is 1. The van der Waals surface area contributed by atoms with E-state index >= 15 is 0 Å². The van der Waals surface area contributed by atoms with Crippen LogP contribution in [0.1, 0.15) is 29.1 Å². The molecule has 106 valence electrons. The lowest BCUT2D eigenvalue weighted by molar-refractivity contribution is -0.118. The maximum absolute atomic E-state index is 12.1. The summed E-state index contributed by atoms with van der Waals surface area (Å²) in [5, 5.41) is 0. The Morgan fingerprint density at radius 1 is 1.14 bits per heavy atom. The number of fused-ring (bicyclic) bond motifs is 1. The number of nitrogens with zero attached hydrogens (tertiary/aromatic N) is 1. The van der Waals surface area contributed by atoms with Gasteiger partial charge < -0.3 is 4.74 Å². The highest BCUT2D eigenvalue weighted by Crippen LogP contribution is 2.36. The van der Waals surface area contributed by atoms with Gasteiger partial charge in [0, 0.05) is 17.0 Å². The summed E-state index contributed by atoms with van der Waals surface area (Å²) in [6, 6.07) is 14.3. The minimum atomic E-state index is -0.738. The number of carbonyl (C=O) groups excluding carboxylic acids is 2. The van der Waals surface area contributed by atoms with E-state index in [0.29, 0.717) is 11.3 Å². The molecule has 0 saturated carbocycles. The molecule has 0 fully saturated rings. The van der Waals surface area contributed by atoms with Crippen LogP contribution in [0.25, 0.3) is 0 Å². The number of cyclic esters (lactones) is 1. The third kappa shape index (κ3) is 2.45. The molecule has 2 aromatic carbocycles. The number of carbonyl (C=O) groups is 2. The van der Waals surface area contributed by atoms with Crippen LogP contribution in [0.5, 0.6) is 0 Å². The molecule has 1 atom stereocenters. The summed E-state index contributed by atoms with van der Waals surface area (Å²) in [6.45, 7) is 1.46. The number of halogens is 1. The average Bonchev–Trinajstić information content (AvgIpc) is 2.47. The van der Waals surface area contributed by atoms with Crippen LogP contribution in [0.3, 0.4) is 0 Å². The molecule has 0 aliphatic carbocycles. The average molecular weight is 346 g/mol. The fraction of sp³-hybridized carbons (Fsp3) is 0.125. The lowest BCUT2D eigenvalue weighted by atomic mass is 10.1. The highest BCUT2D eigenvalue weighted by Gasteiger charge is 2.35. The smallest absolute Gasteiger partial charge is 0.342 e. The summed E-state index contributed by atoms with van der Waals surface area (Å²) in [5.41, 5.74) is 1.73. The van der Waals surface area contributed by atoms with Crippen LogP contribution in [0.2, 0.25) is 0 Å². The summed E-state index contributed by atoms with van der Waals surface area (Å²) < 4.78 is 6.38. The zero-order valence-corrected chi connectivity index (χ0v) is 12.8. The van der Waals surface area contributed by atoms with Crippen molar-refractivity contribution < 1.29 is 14.3 Å². The predicted octanol–water partition coefficient (Wildman–Crippen LogP) is 3.67. The Morgan fingerprint density at radius 3 is 2.48 bits per heavy atom. The van der Waals surface area contributed by atoms with E-state index in [9.17, 15) is 9.59 Å². The van der Waals surface area contributed by atoms with Crippen LogP contribution in [-0.4, -0.2) is 11.9 Å². The molecule has 1 aliphatic heterocycles. The van der Waals surface area contributed by atoms with E-state index in [-0.39, 0.29) is 5.91 Å². The fourth-order valence-electron chi connectivity index (χ4n) is 2.38. The molecule has 0 saturated heterocycles. The minimum absolute atomic E-state index is 0.178.